The molecule has 6 heteroatoms. The third-order valence-corrected chi connectivity index (χ3v) is 5.11. The Balaban J connectivity index is 1.43. The zero-order valence-corrected chi connectivity index (χ0v) is 16.5. The van der Waals surface area contributed by atoms with Crippen molar-refractivity contribution >= 4 is 34.5 Å². The monoisotopic (exact) mass is 394 g/mol. The van der Waals surface area contributed by atoms with Crippen molar-refractivity contribution in [1.82, 2.24) is 10.3 Å². The number of hydrogen-bond acceptors (Lipinski definition) is 5. The third-order valence-electron chi connectivity index (χ3n) is 4.08. The zero-order chi connectivity index (χ0) is 19.8. The highest BCUT2D eigenvalue weighted by atomic mass is 32.2. The van der Waals surface area contributed by atoms with E-state index in [9.17, 15) is 9.59 Å². The van der Waals surface area contributed by atoms with Gasteiger partial charge in [0.2, 0.25) is 0 Å². The number of benzene rings is 2. The molecule has 0 aliphatic heterocycles. The van der Waals surface area contributed by atoms with Crippen molar-refractivity contribution in [3.63, 3.8) is 0 Å². The fourth-order valence-electron chi connectivity index (χ4n) is 2.76. The van der Waals surface area contributed by atoms with Crippen LogP contribution in [-0.4, -0.2) is 35.8 Å². The quantitative estimate of drug-likeness (QED) is 0.466. The maximum absolute atomic E-state index is 12.4. The Bertz CT molecular complexity index is 960. The van der Waals surface area contributed by atoms with Crippen LogP contribution in [0.2, 0.25) is 0 Å². The van der Waals surface area contributed by atoms with E-state index in [0.717, 1.165) is 28.1 Å². The van der Waals surface area contributed by atoms with E-state index in [1.165, 1.54) is 5.56 Å². The fourth-order valence-corrected chi connectivity index (χ4v) is 3.58. The number of carbonyl (C=O) groups is 2. The molecule has 0 atom stereocenters. The molecule has 0 bridgehead atoms. The van der Waals surface area contributed by atoms with E-state index in [4.69, 9.17) is 4.74 Å². The van der Waals surface area contributed by atoms with Crippen molar-refractivity contribution < 1.29 is 14.3 Å². The highest BCUT2D eigenvalue weighted by Crippen LogP contribution is 2.19. The Labute approximate surface area is 168 Å². The number of thioether (sulfide) groups is 1. The second-order valence-corrected chi connectivity index (χ2v) is 7.40. The highest BCUT2D eigenvalue weighted by molar-refractivity contribution is 7.98. The number of ether oxygens (including phenoxy) is 1. The van der Waals surface area contributed by atoms with Gasteiger partial charge < -0.3 is 10.1 Å². The largest absolute Gasteiger partial charge is 0.452 e. The summed E-state index contributed by atoms with van der Waals surface area (Å²) in [5.74, 6) is 0.877. The van der Waals surface area contributed by atoms with Gasteiger partial charge in [-0.15, -0.1) is 0 Å². The number of pyridine rings is 1. The molecule has 0 unspecified atom stereocenters. The Morgan fingerprint density at radius 3 is 2.64 bits per heavy atom. The van der Waals surface area contributed by atoms with Gasteiger partial charge in [0.15, 0.2) is 6.61 Å². The molecule has 0 fully saturated rings. The molecule has 1 N–H and O–H groups in total. The van der Waals surface area contributed by atoms with Crippen LogP contribution in [0, 0.1) is 6.92 Å². The van der Waals surface area contributed by atoms with Crippen LogP contribution in [0.5, 0.6) is 0 Å². The summed E-state index contributed by atoms with van der Waals surface area (Å²) in [7, 11) is 0. The SMILES string of the molecule is Cc1cc(C(=O)OCC(=O)NCCSCc2ccccc2)c2ccccc2n1. The van der Waals surface area contributed by atoms with Gasteiger partial charge in [0.25, 0.3) is 5.91 Å². The van der Waals surface area contributed by atoms with Gasteiger partial charge >= 0.3 is 5.97 Å². The molecule has 0 saturated heterocycles. The summed E-state index contributed by atoms with van der Waals surface area (Å²) >= 11 is 1.74. The maximum Gasteiger partial charge on any atom is 0.339 e. The summed E-state index contributed by atoms with van der Waals surface area (Å²) in [4.78, 5) is 28.8. The molecule has 0 aliphatic carbocycles. The number of para-hydroxylation sites is 1. The first-order chi connectivity index (χ1) is 13.6. The van der Waals surface area contributed by atoms with Crippen LogP contribution >= 0.6 is 11.8 Å². The Hall–Kier alpha value is -2.86. The molecule has 0 spiro atoms. The van der Waals surface area contributed by atoms with Gasteiger partial charge in [-0.05, 0) is 24.6 Å². The fraction of sp³-hybridized carbons (Fsp3) is 0.227. The Kier molecular flexibility index (Phi) is 7.03. The first-order valence-electron chi connectivity index (χ1n) is 9.05. The molecule has 144 valence electrons. The number of aromatic nitrogens is 1. The summed E-state index contributed by atoms with van der Waals surface area (Å²) in [6, 6.07) is 19.2. The second kappa shape index (κ2) is 9.90. The predicted molar refractivity (Wildman–Crippen MR) is 112 cm³/mol. The Morgan fingerprint density at radius 1 is 1.07 bits per heavy atom. The molecule has 3 rings (SSSR count). The van der Waals surface area contributed by atoms with Crippen molar-refractivity contribution in [3.05, 3.63) is 77.5 Å². The van der Waals surface area contributed by atoms with Gasteiger partial charge in [-0.1, -0.05) is 48.5 Å². The van der Waals surface area contributed by atoms with Crippen LogP contribution < -0.4 is 5.32 Å². The summed E-state index contributed by atoms with van der Waals surface area (Å²) in [6.45, 7) is 2.06. The van der Waals surface area contributed by atoms with Crippen molar-refractivity contribution in [2.24, 2.45) is 0 Å². The molecule has 0 saturated carbocycles. The standard InChI is InChI=1S/C22H22N2O3S/c1-16-13-19(18-9-5-6-10-20(18)24-16)22(26)27-14-21(25)23-11-12-28-15-17-7-3-2-4-8-17/h2-10,13H,11-12,14-15H2,1H3,(H,23,25). The van der Waals surface area contributed by atoms with Crippen LogP contribution in [0.3, 0.4) is 0 Å². The summed E-state index contributed by atoms with van der Waals surface area (Å²) in [6.07, 6.45) is 0. The lowest BCUT2D eigenvalue weighted by Crippen LogP contribution is -2.30. The number of nitrogens with one attached hydrogen (secondary N) is 1. The number of rotatable bonds is 8. The number of nitrogens with zero attached hydrogens (tertiary/aromatic N) is 1. The number of amides is 1. The van der Waals surface area contributed by atoms with Gasteiger partial charge in [0.05, 0.1) is 11.1 Å². The summed E-state index contributed by atoms with van der Waals surface area (Å²) < 4.78 is 5.19. The second-order valence-electron chi connectivity index (χ2n) is 6.29. The van der Waals surface area contributed by atoms with Crippen LogP contribution in [0.1, 0.15) is 21.6 Å². The number of esters is 1. The van der Waals surface area contributed by atoms with E-state index in [-0.39, 0.29) is 12.5 Å². The zero-order valence-electron chi connectivity index (χ0n) is 15.7. The lowest BCUT2D eigenvalue weighted by Gasteiger charge is -2.09. The molecule has 0 aliphatic rings. The van der Waals surface area contributed by atoms with Gasteiger partial charge in [0.1, 0.15) is 0 Å². The summed E-state index contributed by atoms with van der Waals surface area (Å²) in [5.41, 5.74) is 3.14. The first kappa shape index (κ1) is 19.9. The lowest BCUT2D eigenvalue weighted by atomic mass is 10.1. The number of carbonyl (C=O) groups excluding carboxylic acids is 2. The van der Waals surface area contributed by atoms with Crippen molar-refractivity contribution in [2.45, 2.75) is 12.7 Å². The average molecular weight is 394 g/mol. The average Bonchev–Trinajstić information content (AvgIpc) is 2.72. The first-order valence-corrected chi connectivity index (χ1v) is 10.2. The highest BCUT2D eigenvalue weighted by Gasteiger charge is 2.14. The molecule has 3 aromatic rings. The van der Waals surface area contributed by atoms with Crippen LogP contribution in [0.25, 0.3) is 10.9 Å². The molecule has 0 radical (unpaired) electrons. The van der Waals surface area contributed by atoms with Gasteiger partial charge in [-0.3, -0.25) is 9.78 Å². The van der Waals surface area contributed by atoms with Crippen molar-refractivity contribution in [3.8, 4) is 0 Å². The summed E-state index contributed by atoms with van der Waals surface area (Å²) in [5, 5.41) is 3.49. The third kappa shape index (κ3) is 5.57. The van der Waals surface area contributed by atoms with Gasteiger partial charge in [-0.25, -0.2) is 4.79 Å². The molecule has 1 amide bonds. The van der Waals surface area contributed by atoms with Crippen molar-refractivity contribution in [2.75, 3.05) is 18.9 Å². The van der Waals surface area contributed by atoms with E-state index < -0.39 is 5.97 Å². The lowest BCUT2D eigenvalue weighted by molar-refractivity contribution is -0.124. The molecule has 1 aromatic heterocycles. The number of fused-ring (bicyclic) bond motifs is 1. The van der Waals surface area contributed by atoms with Crippen LogP contribution in [-0.2, 0) is 15.3 Å². The molecular weight excluding hydrogens is 372 g/mol. The minimum absolute atomic E-state index is 0.294. The molecule has 2 aromatic carbocycles. The molecular formula is C22H22N2O3S. The van der Waals surface area contributed by atoms with Gasteiger partial charge in [-0.2, -0.15) is 11.8 Å². The van der Waals surface area contributed by atoms with E-state index >= 15 is 0 Å². The van der Waals surface area contributed by atoms with E-state index in [1.54, 1.807) is 17.8 Å². The molecule has 5 nitrogen and oxygen atoms in total. The molecule has 1 heterocycles. The minimum Gasteiger partial charge on any atom is -0.452 e. The minimum atomic E-state index is -0.518. The Morgan fingerprint density at radius 2 is 1.82 bits per heavy atom. The van der Waals surface area contributed by atoms with Crippen molar-refractivity contribution in [1.29, 1.82) is 0 Å². The predicted octanol–water partition coefficient (Wildman–Crippen LogP) is 3.75. The smallest absolute Gasteiger partial charge is 0.339 e. The van der Waals surface area contributed by atoms with E-state index in [2.05, 4.69) is 22.4 Å². The van der Waals surface area contributed by atoms with Crippen LogP contribution in [0.4, 0.5) is 0 Å². The number of aryl methyl sites for hydroxylation is 1. The molecule has 28 heavy (non-hydrogen) atoms. The van der Waals surface area contributed by atoms with Crippen LogP contribution in [0.15, 0.2) is 60.7 Å². The van der Waals surface area contributed by atoms with E-state index in [1.807, 2.05) is 49.4 Å². The number of hydrogen-bond donors (Lipinski definition) is 1. The normalized spacial score (nSPS) is 10.6. The maximum atomic E-state index is 12.4. The topological polar surface area (TPSA) is 68.3 Å². The van der Waals surface area contributed by atoms with Gasteiger partial charge in [0, 0.05) is 29.1 Å². The van der Waals surface area contributed by atoms with E-state index in [0.29, 0.717) is 12.1 Å².